The van der Waals surface area contributed by atoms with Crippen molar-refractivity contribution in [1.82, 2.24) is 0 Å². The lowest BCUT2D eigenvalue weighted by atomic mass is 9.33. The molecule has 0 bridgehead atoms. The summed E-state index contributed by atoms with van der Waals surface area (Å²) < 4.78 is 47.4. The fourth-order valence-electron chi connectivity index (χ4n) is 16.3. The first-order chi connectivity index (χ1) is 34.6. The van der Waals surface area contributed by atoms with Gasteiger partial charge in [0.05, 0.1) is 37.4 Å². The number of carbonyl (C=O) groups is 1. The van der Waals surface area contributed by atoms with Gasteiger partial charge in [-0.1, -0.05) is 60.1 Å². The molecule has 21 heteroatoms. The molecule has 0 spiro atoms. The van der Waals surface area contributed by atoms with Gasteiger partial charge in [-0.25, -0.2) is 0 Å². The van der Waals surface area contributed by atoms with E-state index in [1.54, 1.807) is 0 Å². The number of hydrogen-bond donors (Lipinski definition) is 12. The second kappa shape index (κ2) is 20.5. The van der Waals surface area contributed by atoms with Crippen molar-refractivity contribution < 1.29 is 104 Å². The number of ether oxygens (including phenoxy) is 8. The van der Waals surface area contributed by atoms with Crippen LogP contribution in [0.4, 0.5) is 0 Å². The van der Waals surface area contributed by atoms with Crippen molar-refractivity contribution in [2.24, 2.45) is 50.2 Å². The van der Waals surface area contributed by atoms with E-state index in [4.69, 9.17) is 37.9 Å². The van der Waals surface area contributed by atoms with E-state index in [0.717, 1.165) is 44.9 Å². The molecule has 12 N–H and O–H groups in total. The van der Waals surface area contributed by atoms with E-state index in [-0.39, 0.29) is 46.2 Å². The molecule has 74 heavy (non-hydrogen) atoms. The molecule has 9 aliphatic rings. The average Bonchev–Trinajstić information content (AvgIpc) is 3.34. The van der Waals surface area contributed by atoms with Crippen LogP contribution >= 0.6 is 0 Å². The molecule has 4 aliphatic heterocycles. The summed E-state index contributed by atoms with van der Waals surface area (Å²) in [7, 11) is 0. The van der Waals surface area contributed by atoms with Crippen LogP contribution in [0, 0.1) is 50.2 Å². The quantitative estimate of drug-likeness (QED) is 0.0971. The molecule has 0 aromatic carbocycles. The Bertz CT molecular complexity index is 2040. The number of carboxylic acids is 1. The van der Waals surface area contributed by atoms with Crippen molar-refractivity contribution in [2.75, 3.05) is 19.8 Å². The smallest absolute Gasteiger partial charge is 0.310 e. The first-order valence-corrected chi connectivity index (χ1v) is 27.1. The Kier molecular flexibility index (Phi) is 15.8. The summed E-state index contributed by atoms with van der Waals surface area (Å²) in [6, 6.07) is 0. The predicted octanol–water partition coefficient (Wildman–Crippen LogP) is 0.197. The van der Waals surface area contributed by atoms with Gasteiger partial charge in [0.2, 0.25) is 0 Å². The molecule has 8 fully saturated rings. The van der Waals surface area contributed by atoms with Crippen molar-refractivity contribution in [3.8, 4) is 0 Å². The zero-order valence-electron chi connectivity index (χ0n) is 44.1. The maximum atomic E-state index is 13.2. The molecule has 27 atom stereocenters. The fourth-order valence-corrected chi connectivity index (χ4v) is 16.3. The molecule has 5 aliphatic carbocycles. The first-order valence-electron chi connectivity index (χ1n) is 27.1. The van der Waals surface area contributed by atoms with Gasteiger partial charge in [-0.15, -0.1) is 0 Å². The highest BCUT2D eigenvalue weighted by molar-refractivity contribution is 5.76. The summed E-state index contributed by atoms with van der Waals surface area (Å²) in [6.45, 7) is 15.9. The lowest BCUT2D eigenvalue weighted by Crippen LogP contribution is -2.67. The van der Waals surface area contributed by atoms with Crippen molar-refractivity contribution in [2.45, 2.75) is 242 Å². The van der Waals surface area contributed by atoms with E-state index in [0.29, 0.717) is 25.2 Å². The molecule has 0 radical (unpaired) electrons. The summed E-state index contributed by atoms with van der Waals surface area (Å²) >= 11 is 0. The summed E-state index contributed by atoms with van der Waals surface area (Å²) in [5.41, 5.74) is 0.0902. The van der Waals surface area contributed by atoms with Gasteiger partial charge in [-0.3, -0.25) is 4.79 Å². The Morgan fingerprint density at radius 3 is 1.86 bits per heavy atom. The minimum absolute atomic E-state index is 0.0210. The van der Waals surface area contributed by atoms with E-state index < -0.39 is 147 Å². The zero-order chi connectivity index (χ0) is 54.0. The van der Waals surface area contributed by atoms with Crippen molar-refractivity contribution in [3.63, 3.8) is 0 Å². The highest BCUT2D eigenvalue weighted by atomic mass is 16.8. The van der Waals surface area contributed by atoms with E-state index >= 15 is 0 Å². The van der Waals surface area contributed by atoms with Gasteiger partial charge < -0.3 is 99.2 Å². The highest BCUT2D eigenvalue weighted by Crippen LogP contribution is 2.76. The minimum atomic E-state index is -1.99. The third-order valence-corrected chi connectivity index (χ3v) is 21.1. The second-order valence-corrected chi connectivity index (χ2v) is 25.8. The number of fused-ring (bicyclic) bond motifs is 7. The number of hydrogen-bond acceptors (Lipinski definition) is 20. The summed E-state index contributed by atoms with van der Waals surface area (Å²) in [4.78, 5) is 13.2. The molecule has 0 amide bonds. The molecule has 21 nitrogen and oxygen atoms in total. The van der Waals surface area contributed by atoms with Gasteiger partial charge in [0, 0.05) is 0 Å². The summed E-state index contributed by atoms with van der Waals surface area (Å²) in [6.07, 6.45) is -20.5. The highest BCUT2D eigenvalue weighted by Gasteiger charge is 2.70. The van der Waals surface area contributed by atoms with Gasteiger partial charge in [0.1, 0.15) is 85.5 Å². The topological polar surface area (TPSA) is 334 Å². The number of aliphatic hydroxyl groups is 11. The van der Waals surface area contributed by atoms with Crippen LogP contribution in [-0.2, 0) is 42.7 Å². The van der Waals surface area contributed by atoms with E-state index in [9.17, 15) is 66.1 Å². The monoisotopic (exact) mass is 1060 g/mol. The van der Waals surface area contributed by atoms with Gasteiger partial charge in [0.25, 0.3) is 0 Å². The number of allylic oxidation sites excluding steroid dienone is 2. The molecular weight excluding hydrogens is 973 g/mol. The molecule has 3 unspecified atom stereocenters. The van der Waals surface area contributed by atoms with Crippen LogP contribution < -0.4 is 0 Å². The number of carboxylic acid groups (broad SMARTS) is 1. The molecule has 4 saturated heterocycles. The van der Waals surface area contributed by atoms with Crippen LogP contribution in [0.5, 0.6) is 0 Å². The van der Waals surface area contributed by atoms with Crippen LogP contribution in [0.2, 0.25) is 0 Å². The Labute approximate surface area is 433 Å². The Morgan fingerprint density at radius 2 is 1.20 bits per heavy atom. The molecular formula is C53H86O21. The molecule has 9 rings (SSSR count). The molecule has 0 aromatic rings. The lowest BCUT2D eigenvalue weighted by molar-refractivity contribution is -0.386. The summed E-state index contributed by atoms with van der Waals surface area (Å²) in [5.74, 6) is -0.0426. The standard InChI is InChI=1S/C53H86O21/c1-23-32(57)42(74-45-37(62)35(60)41(28(21-55)70-45)73-44-36(61)34(59)33(58)27(20-54)69-44)39(64)46(68-23)72-40-26(56)22-67-43(38(40)63)71-31-12-13-50(6)29(49(31,4)5)11-14-52(8)30(50)10-9-24-25-19-48(2,3)15-17-53(25,47(65)66)18-16-51(24,52)7/h9,23,25-46,54-64H,10-22H2,1-8H3,(H,65,66)/t23-,25?,26-,27-,28-,29?,30?,31+,32-,33-,34+,35-,36-,37-,38-,39+,40+,41-,42+,43+,44+,45+,46-,50+,51-,52-,53+/m1/s1. The van der Waals surface area contributed by atoms with Gasteiger partial charge in [0.15, 0.2) is 25.2 Å². The maximum absolute atomic E-state index is 13.2. The largest absolute Gasteiger partial charge is 0.481 e. The third kappa shape index (κ3) is 9.17. The van der Waals surface area contributed by atoms with Crippen LogP contribution in [0.25, 0.3) is 0 Å². The first kappa shape index (κ1) is 57.1. The Hall–Kier alpha value is -1.55. The molecule has 424 valence electrons. The van der Waals surface area contributed by atoms with Crippen LogP contribution in [0.1, 0.15) is 120 Å². The zero-order valence-corrected chi connectivity index (χ0v) is 44.1. The number of rotatable bonds is 11. The van der Waals surface area contributed by atoms with Crippen LogP contribution in [-0.4, -0.2) is 210 Å². The normalized spacial score (nSPS) is 54.1. The van der Waals surface area contributed by atoms with Crippen molar-refractivity contribution in [1.29, 1.82) is 0 Å². The van der Waals surface area contributed by atoms with Crippen molar-refractivity contribution >= 4 is 5.97 Å². The fraction of sp³-hybridized carbons (Fsp3) is 0.943. The maximum Gasteiger partial charge on any atom is 0.310 e. The van der Waals surface area contributed by atoms with Gasteiger partial charge >= 0.3 is 5.97 Å². The average molecular weight is 1060 g/mol. The van der Waals surface area contributed by atoms with E-state index in [1.807, 2.05) is 0 Å². The molecule has 0 aromatic heterocycles. The van der Waals surface area contributed by atoms with Crippen molar-refractivity contribution in [3.05, 3.63) is 11.6 Å². The predicted molar refractivity (Wildman–Crippen MR) is 256 cm³/mol. The van der Waals surface area contributed by atoms with Crippen LogP contribution in [0.15, 0.2) is 11.6 Å². The van der Waals surface area contributed by atoms with Gasteiger partial charge in [-0.2, -0.15) is 0 Å². The molecule has 4 saturated carbocycles. The number of aliphatic carboxylic acids is 1. The van der Waals surface area contributed by atoms with E-state index in [1.165, 1.54) is 12.5 Å². The minimum Gasteiger partial charge on any atom is -0.481 e. The lowest BCUT2D eigenvalue weighted by Gasteiger charge is -2.71. The third-order valence-electron chi connectivity index (χ3n) is 21.1. The molecule has 4 heterocycles. The van der Waals surface area contributed by atoms with E-state index in [2.05, 4.69) is 54.5 Å². The van der Waals surface area contributed by atoms with Crippen LogP contribution in [0.3, 0.4) is 0 Å². The number of aliphatic hydroxyl groups excluding tert-OH is 11. The Morgan fingerprint density at radius 1 is 0.608 bits per heavy atom. The SMILES string of the molecule is C[C@H]1O[C@H](O[C@@H]2[C@@H](O)[C@H](O[C@H]3CC[C@@]4(C)C(CC[C@]5(C)C4CC=C4C6CC(C)(C)CC[C@]6(C(=O)O)CC[C@]45C)C3(C)C)OC[C@H]2O)[C@@H](O)[C@@H](O[C@@H]2O[C@H](CO)[C@@H](O[C@@H]3O[C@H](CO)[C@@H](O)[C@H](O)[C@H]3O)[C@H](O)[C@H]2O)[C@@H]1O. The summed E-state index contributed by atoms with van der Waals surface area (Å²) in [5, 5.41) is 130. The Balaban J connectivity index is 0.855. The second-order valence-electron chi connectivity index (χ2n) is 25.8. The van der Waals surface area contributed by atoms with Gasteiger partial charge in [-0.05, 0) is 116 Å².